The van der Waals surface area contributed by atoms with E-state index in [-0.39, 0.29) is 10.9 Å². The molecule has 1 fully saturated rings. The van der Waals surface area contributed by atoms with Gasteiger partial charge in [0.25, 0.3) is 10.0 Å². The number of nitrogens with two attached hydrogens (primary N) is 1. The smallest absolute Gasteiger partial charge is 0.258 e. The number of amidine groups is 1. The van der Waals surface area contributed by atoms with Crippen molar-refractivity contribution in [2.45, 2.75) is 36.8 Å². The molecular weight excluding hydrogens is 292 g/mol. The first-order valence-electron chi connectivity index (χ1n) is 6.90. The number of aryl methyl sites for hydroxylation is 1. The number of imidazole rings is 1. The Balaban J connectivity index is 2.26. The summed E-state index contributed by atoms with van der Waals surface area (Å²) in [7, 11) is -1.82. The van der Waals surface area contributed by atoms with Gasteiger partial charge in [-0.05, 0) is 19.9 Å². The van der Waals surface area contributed by atoms with Gasteiger partial charge in [0.15, 0.2) is 5.03 Å². The van der Waals surface area contributed by atoms with Crippen LogP contribution in [0.3, 0.4) is 0 Å². The van der Waals surface area contributed by atoms with Gasteiger partial charge in [0, 0.05) is 19.5 Å². The van der Waals surface area contributed by atoms with E-state index < -0.39 is 15.6 Å². The van der Waals surface area contributed by atoms with E-state index in [4.69, 9.17) is 11.1 Å². The van der Waals surface area contributed by atoms with Crippen LogP contribution in [0.5, 0.6) is 0 Å². The Morgan fingerprint density at radius 2 is 2.19 bits per heavy atom. The van der Waals surface area contributed by atoms with Crippen LogP contribution in [-0.4, -0.2) is 54.8 Å². The van der Waals surface area contributed by atoms with Crippen LogP contribution in [0.15, 0.2) is 11.2 Å². The van der Waals surface area contributed by atoms with Crippen molar-refractivity contribution in [2.75, 3.05) is 20.1 Å². The molecule has 118 valence electrons. The summed E-state index contributed by atoms with van der Waals surface area (Å²) in [5.74, 6) is 0.463. The molecule has 21 heavy (non-hydrogen) atoms. The Labute approximate surface area is 124 Å². The van der Waals surface area contributed by atoms with Gasteiger partial charge < -0.3 is 15.6 Å². The molecule has 5 N–H and O–H groups in total. The fourth-order valence-corrected chi connectivity index (χ4v) is 3.78. The van der Waals surface area contributed by atoms with Gasteiger partial charge >= 0.3 is 0 Å². The highest BCUT2D eigenvalue weighted by Crippen LogP contribution is 2.24. The lowest BCUT2D eigenvalue weighted by Crippen LogP contribution is -2.61. The minimum atomic E-state index is -3.78. The number of aromatic amines is 1. The van der Waals surface area contributed by atoms with Gasteiger partial charge in [0.05, 0.1) is 11.7 Å². The number of nitrogens with one attached hydrogen (secondary N) is 3. The quantitative estimate of drug-likeness (QED) is 0.436. The lowest BCUT2D eigenvalue weighted by atomic mass is 9.88. The third-order valence-electron chi connectivity index (χ3n) is 3.92. The predicted molar refractivity (Wildman–Crippen MR) is 79.7 cm³/mol. The van der Waals surface area contributed by atoms with Gasteiger partial charge in [-0.15, -0.1) is 0 Å². The molecule has 2 heterocycles. The van der Waals surface area contributed by atoms with Crippen molar-refractivity contribution in [3.8, 4) is 0 Å². The van der Waals surface area contributed by atoms with E-state index in [1.54, 1.807) is 0 Å². The van der Waals surface area contributed by atoms with E-state index >= 15 is 0 Å². The topological polar surface area (TPSA) is 128 Å². The monoisotopic (exact) mass is 314 g/mol. The van der Waals surface area contributed by atoms with E-state index in [1.165, 1.54) is 6.20 Å². The van der Waals surface area contributed by atoms with E-state index in [0.717, 1.165) is 0 Å². The number of piperidine rings is 1. The normalized spacial score (nSPS) is 19.5. The SMILES string of the molecule is CCc1ncc(S(=O)(=O)NC2(C(=N)N)CCN(C)CC2)[nH]1. The molecule has 0 atom stereocenters. The number of sulfonamides is 1. The third kappa shape index (κ3) is 3.25. The average Bonchev–Trinajstić information content (AvgIpc) is 2.91. The molecule has 1 aromatic rings. The largest absolute Gasteiger partial charge is 0.386 e. The molecule has 0 radical (unpaired) electrons. The summed E-state index contributed by atoms with van der Waals surface area (Å²) in [4.78, 5) is 8.86. The van der Waals surface area contributed by atoms with Crippen LogP contribution < -0.4 is 10.5 Å². The zero-order valence-electron chi connectivity index (χ0n) is 12.3. The average molecular weight is 314 g/mol. The number of hydrogen-bond donors (Lipinski definition) is 4. The van der Waals surface area contributed by atoms with Crippen LogP contribution >= 0.6 is 0 Å². The third-order valence-corrected chi connectivity index (χ3v) is 5.36. The van der Waals surface area contributed by atoms with Crippen LogP contribution in [0.2, 0.25) is 0 Å². The molecule has 0 aliphatic carbocycles. The van der Waals surface area contributed by atoms with Gasteiger partial charge in [0.1, 0.15) is 11.7 Å². The summed E-state index contributed by atoms with van der Waals surface area (Å²) >= 11 is 0. The van der Waals surface area contributed by atoms with E-state index in [9.17, 15) is 8.42 Å². The Morgan fingerprint density at radius 1 is 1.57 bits per heavy atom. The molecule has 1 aliphatic rings. The first-order valence-corrected chi connectivity index (χ1v) is 8.38. The lowest BCUT2D eigenvalue weighted by molar-refractivity contribution is 0.218. The number of nitrogens with zero attached hydrogens (tertiary/aromatic N) is 2. The fourth-order valence-electron chi connectivity index (χ4n) is 2.40. The summed E-state index contributed by atoms with van der Waals surface area (Å²) in [5.41, 5.74) is 4.67. The second-order valence-electron chi connectivity index (χ2n) is 5.45. The van der Waals surface area contributed by atoms with E-state index in [1.807, 2.05) is 14.0 Å². The number of H-pyrrole nitrogens is 1. The second kappa shape index (κ2) is 5.74. The van der Waals surface area contributed by atoms with Crippen LogP contribution in [0.25, 0.3) is 0 Å². The number of rotatable bonds is 5. The van der Waals surface area contributed by atoms with Crippen molar-refractivity contribution in [3.05, 3.63) is 12.0 Å². The predicted octanol–water partition coefficient (Wildman–Crippen LogP) is -0.349. The van der Waals surface area contributed by atoms with Crippen LogP contribution in [0.1, 0.15) is 25.6 Å². The molecule has 9 heteroatoms. The Morgan fingerprint density at radius 3 is 2.67 bits per heavy atom. The molecule has 0 amide bonds. The maximum Gasteiger partial charge on any atom is 0.258 e. The minimum absolute atomic E-state index is 0.0129. The van der Waals surface area contributed by atoms with Crippen molar-refractivity contribution < 1.29 is 8.42 Å². The molecule has 0 spiro atoms. The van der Waals surface area contributed by atoms with E-state index in [0.29, 0.717) is 38.2 Å². The van der Waals surface area contributed by atoms with Gasteiger partial charge in [-0.3, -0.25) is 5.41 Å². The number of aromatic nitrogens is 2. The summed E-state index contributed by atoms with van der Waals surface area (Å²) in [6.45, 7) is 3.26. The highest BCUT2D eigenvalue weighted by Gasteiger charge is 2.41. The van der Waals surface area contributed by atoms with Crippen LogP contribution in [0.4, 0.5) is 0 Å². The van der Waals surface area contributed by atoms with Crippen LogP contribution in [-0.2, 0) is 16.4 Å². The van der Waals surface area contributed by atoms with Crippen molar-refractivity contribution in [3.63, 3.8) is 0 Å². The molecule has 1 aliphatic heterocycles. The van der Waals surface area contributed by atoms with Gasteiger partial charge in [-0.2, -0.15) is 4.72 Å². The molecular formula is C12H22N6O2S. The van der Waals surface area contributed by atoms with Crippen LogP contribution in [0, 0.1) is 5.41 Å². The fraction of sp³-hybridized carbons (Fsp3) is 0.667. The number of hydrogen-bond acceptors (Lipinski definition) is 5. The summed E-state index contributed by atoms with van der Waals surface area (Å²) in [5, 5.41) is 7.81. The summed E-state index contributed by atoms with van der Waals surface area (Å²) in [6, 6.07) is 0. The van der Waals surface area contributed by atoms with Gasteiger partial charge in [-0.25, -0.2) is 13.4 Å². The summed E-state index contributed by atoms with van der Waals surface area (Å²) in [6.07, 6.45) is 2.88. The standard InChI is InChI=1S/C12H22N6O2S/c1-3-9-15-8-10(16-9)21(19,20)17-12(11(13)14)4-6-18(2)7-5-12/h8,17H,3-7H2,1-2H3,(H3,13,14)(H,15,16). The molecule has 0 aromatic carbocycles. The Hall–Kier alpha value is -1.45. The van der Waals surface area contributed by atoms with Gasteiger partial charge in [-0.1, -0.05) is 6.92 Å². The van der Waals surface area contributed by atoms with Crippen molar-refractivity contribution in [2.24, 2.45) is 5.73 Å². The summed E-state index contributed by atoms with van der Waals surface area (Å²) < 4.78 is 27.6. The molecule has 1 aromatic heterocycles. The van der Waals surface area contributed by atoms with E-state index in [2.05, 4.69) is 19.6 Å². The second-order valence-corrected chi connectivity index (χ2v) is 7.10. The Kier molecular flexibility index (Phi) is 4.35. The molecule has 2 rings (SSSR count). The van der Waals surface area contributed by atoms with Crippen molar-refractivity contribution in [1.82, 2.24) is 19.6 Å². The van der Waals surface area contributed by atoms with Crippen molar-refractivity contribution in [1.29, 1.82) is 5.41 Å². The van der Waals surface area contributed by atoms with Gasteiger partial charge in [0.2, 0.25) is 0 Å². The Bertz CT molecular complexity index is 615. The molecule has 0 unspecified atom stereocenters. The first-order chi connectivity index (χ1) is 9.79. The maximum atomic E-state index is 12.5. The number of likely N-dealkylation sites (tertiary alicyclic amines) is 1. The molecule has 8 nitrogen and oxygen atoms in total. The zero-order chi connectivity index (χ0) is 15.7. The maximum absolute atomic E-state index is 12.5. The highest BCUT2D eigenvalue weighted by molar-refractivity contribution is 7.89. The minimum Gasteiger partial charge on any atom is -0.386 e. The molecule has 0 saturated carbocycles. The molecule has 1 saturated heterocycles. The lowest BCUT2D eigenvalue weighted by Gasteiger charge is -2.39. The molecule has 0 bridgehead atoms. The van der Waals surface area contributed by atoms with Crippen molar-refractivity contribution >= 4 is 15.9 Å². The zero-order valence-corrected chi connectivity index (χ0v) is 13.1. The highest BCUT2D eigenvalue weighted by atomic mass is 32.2. The first kappa shape index (κ1) is 15.9.